The van der Waals surface area contributed by atoms with E-state index in [4.69, 9.17) is 11.6 Å². The van der Waals surface area contributed by atoms with Crippen LogP contribution in [0, 0.1) is 6.92 Å². The van der Waals surface area contributed by atoms with Gasteiger partial charge in [0.2, 0.25) is 5.28 Å². The quantitative estimate of drug-likeness (QED) is 0.748. The molecule has 0 atom stereocenters. The van der Waals surface area contributed by atoms with Crippen molar-refractivity contribution in [2.75, 3.05) is 18.5 Å². The summed E-state index contributed by atoms with van der Waals surface area (Å²) in [6.07, 6.45) is 0. The number of nitrogens with one attached hydrogen (secondary N) is 1. The molecule has 0 bridgehead atoms. The highest BCUT2D eigenvalue weighted by Gasteiger charge is 2.24. The lowest BCUT2D eigenvalue weighted by Crippen LogP contribution is -2.42. The molecule has 0 saturated heterocycles. The molecule has 2 aromatic rings. The minimum Gasteiger partial charge on any atom is -0.394 e. The number of hydrogen-bond acceptors (Lipinski definition) is 6. The average molecular weight is 288 g/mol. The molecule has 2 rings (SSSR count). The van der Waals surface area contributed by atoms with Crippen molar-refractivity contribution in [3.8, 4) is 0 Å². The molecule has 0 unspecified atom stereocenters. The zero-order chi connectivity index (χ0) is 13.3. The van der Waals surface area contributed by atoms with Crippen molar-refractivity contribution >= 4 is 39.0 Å². The van der Waals surface area contributed by atoms with Gasteiger partial charge in [-0.15, -0.1) is 11.3 Å². The normalized spacial score (nSPS) is 12.1. The van der Waals surface area contributed by atoms with E-state index in [1.165, 1.54) is 11.3 Å². The van der Waals surface area contributed by atoms with Crippen LogP contribution in [-0.2, 0) is 0 Å². The van der Waals surface area contributed by atoms with Crippen LogP contribution in [0.1, 0.15) is 11.8 Å². The van der Waals surface area contributed by atoms with Gasteiger partial charge in [-0.1, -0.05) is 0 Å². The fourth-order valence-electron chi connectivity index (χ4n) is 1.53. The van der Waals surface area contributed by atoms with E-state index in [2.05, 4.69) is 15.3 Å². The largest absolute Gasteiger partial charge is 0.394 e. The Morgan fingerprint density at radius 1 is 1.39 bits per heavy atom. The van der Waals surface area contributed by atoms with E-state index in [0.717, 1.165) is 15.1 Å². The molecule has 2 aromatic heterocycles. The van der Waals surface area contributed by atoms with Gasteiger partial charge in [0.15, 0.2) is 0 Å². The first-order valence-corrected chi connectivity index (χ1v) is 6.60. The monoisotopic (exact) mass is 287 g/mol. The number of anilines is 1. The molecule has 0 aliphatic carbocycles. The van der Waals surface area contributed by atoms with E-state index in [1.807, 2.05) is 13.0 Å². The van der Waals surface area contributed by atoms with Crippen molar-refractivity contribution in [2.45, 2.75) is 19.4 Å². The van der Waals surface area contributed by atoms with Crippen LogP contribution in [0.15, 0.2) is 6.07 Å². The number of aliphatic hydroxyl groups is 2. The molecule has 3 N–H and O–H groups in total. The molecule has 0 fully saturated rings. The van der Waals surface area contributed by atoms with Crippen molar-refractivity contribution in [3.05, 3.63) is 16.2 Å². The molecule has 2 heterocycles. The van der Waals surface area contributed by atoms with Crippen molar-refractivity contribution in [1.82, 2.24) is 9.97 Å². The first kappa shape index (κ1) is 13.5. The Morgan fingerprint density at radius 3 is 2.67 bits per heavy atom. The van der Waals surface area contributed by atoms with Gasteiger partial charge in [-0.25, -0.2) is 9.97 Å². The summed E-state index contributed by atoms with van der Waals surface area (Å²) < 4.78 is 0. The number of halogens is 1. The fourth-order valence-corrected chi connectivity index (χ4v) is 2.62. The van der Waals surface area contributed by atoms with Crippen LogP contribution in [0.2, 0.25) is 5.28 Å². The van der Waals surface area contributed by atoms with Gasteiger partial charge in [-0.3, -0.25) is 0 Å². The molecular weight excluding hydrogens is 274 g/mol. The van der Waals surface area contributed by atoms with E-state index >= 15 is 0 Å². The lowest BCUT2D eigenvalue weighted by molar-refractivity contribution is 0.147. The minimum absolute atomic E-state index is 0.144. The van der Waals surface area contributed by atoms with Gasteiger partial charge in [-0.05, 0) is 31.5 Å². The summed E-state index contributed by atoms with van der Waals surface area (Å²) in [4.78, 5) is 10.2. The number of aromatic nitrogens is 2. The predicted molar refractivity (Wildman–Crippen MR) is 73.4 cm³/mol. The molecule has 0 aromatic carbocycles. The van der Waals surface area contributed by atoms with Crippen molar-refractivity contribution in [1.29, 1.82) is 0 Å². The highest BCUT2D eigenvalue weighted by molar-refractivity contribution is 7.18. The molecule has 7 heteroatoms. The molecule has 0 amide bonds. The Bertz CT molecular complexity index is 569. The number of thiophene rings is 1. The molecule has 18 heavy (non-hydrogen) atoms. The summed E-state index contributed by atoms with van der Waals surface area (Å²) in [5.41, 5.74) is -0.847. The Balaban J connectivity index is 2.49. The zero-order valence-electron chi connectivity index (χ0n) is 10.1. The molecule has 98 valence electrons. The summed E-state index contributed by atoms with van der Waals surface area (Å²) in [5, 5.41) is 22.6. The number of fused-ring (bicyclic) bond motifs is 1. The summed E-state index contributed by atoms with van der Waals surface area (Å²) in [6.45, 7) is 3.25. The third kappa shape index (κ3) is 2.56. The second kappa shape index (κ2) is 4.97. The Morgan fingerprint density at radius 2 is 2.06 bits per heavy atom. The van der Waals surface area contributed by atoms with E-state index < -0.39 is 5.54 Å². The molecule has 0 aliphatic heterocycles. The van der Waals surface area contributed by atoms with Gasteiger partial charge in [0.05, 0.1) is 24.1 Å². The number of aryl methyl sites for hydroxylation is 1. The molecule has 5 nitrogen and oxygen atoms in total. The molecular formula is C11H14ClN3O2S. The molecule has 0 spiro atoms. The number of hydrogen-bond donors (Lipinski definition) is 3. The smallest absolute Gasteiger partial charge is 0.225 e. The van der Waals surface area contributed by atoms with Gasteiger partial charge in [0.25, 0.3) is 0 Å². The van der Waals surface area contributed by atoms with Gasteiger partial charge in [-0.2, -0.15) is 0 Å². The average Bonchev–Trinajstić information content (AvgIpc) is 2.69. The first-order chi connectivity index (χ1) is 8.47. The van der Waals surface area contributed by atoms with Gasteiger partial charge >= 0.3 is 0 Å². The van der Waals surface area contributed by atoms with Gasteiger partial charge in [0, 0.05) is 4.88 Å². The summed E-state index contributed by atoms with van der Waals surface area (Å²) in [6, 6.07) is 1.95. The van der Waals surface area contributed by atoms with E-state index in [-0.39, 0.29) is 18.5 Å². The SMILES string of the molecule is Cc1cc2c(NC(C)(CO)CO)nc(Cl)nc2s1. The summed E-state index contributed by atoms with van der Waals surface area (Å²) in [7, 11) is 0. The predicted octanol–water partition coefficient (Wildman–Crippen LogP) is 1.81. The lowest BCUT2D eigenvalue weighted by Gasteiger charge is -2.27. The number of aliphatic hydroxyl groups excluding tert-OH is 2. The Labute approximate surface area is 113 Å². The van der Waals surface area contributed by atoms with Crippen molar-refractivity contribution in [2.24, 2.45) is 0 Å². The van der Waals surface area contributed by atoms with Crippen molar-refractivity contribution < 1.29 is 10.2 Å². The Hall–Kier alpha value is -0.950. The van der Waals surface area contributed by atoms with Crippen LogP contribution < -0.4 is 5.32 Å². The lowest BCUT2D eigenvalue weighted by atomic mass is 10.1. The fraction of sp³-hybridized carbons (Fsp3) is 0.455. The van der Waals surface area contributed by atoms with Crippen LogP contribution >= 0.6 is 22.9 Å². The third-order valence-electron chi connectivity index (χ3n) is 2.61. The molecule has 0 radical (unpaired) electrons. The zero-order valence-corrected chi connectivity index (χ0v) is 11.6. The second-order valence-corrected chi connectivity index (χ2v) is 5.99. The standard InChI is InChI=1S/C11H14ClN3O2S/c1-6-3-7-8(15-11(2,4-16)5-17)13-10(12)14-9(7)18-6/h3,16-17H,4-5H2,1-2H3,(H,13,14,15). The molecule has 0 aliphatic rings. The topological polar surface area (TPSA) is 78.3 Å². The van der Waals surface area contributed by atoms with Crippen LogP contribution in [0.25, 0.3) is 10.2 Å². The van der Waals surface area contributed by atoms with Crippen LogP contribution in [-0.4, -0.2) is 38.9 Å². The summed E-state index contributed by atoms with van der Waals surface area (Å²) in [5.74, 6) is 0.528. The van der Waals surface area contributed by atoms with E-state index in [9.17, 15) is 10.2 Å². The van der Waals surface area contributed by atoms with E-state index in [0.29, 0.717) is 5.82 Å². The third-order valence-corrected chi connectivity index (χ3v) is 3.72. The van der Waals surface area contributed by atoms with Gasteiger partial charge in [0.1, 0.15) is 10.6 Å². The number of nitrogens with zero attached hydrogens (tertiary/aromatic N) is 2. The highest BCUT2D eigenvalue weighted by Crippen LogP contribution is 2.30. The van der Waals surface area contributed by atoms with E-state index in [1.54, 1.807) is 6.92 Å². The van der Waals surface area contributed by atoms with Gasteiger partial charge < -0.3 is 15.5 Å². The van der Waals surface area contributed by atoms with Crippen LogP contribution in [0.5, 0.6) is 0 Å². The maximum absolute atomic E-state index is 9.30. The van der Waals surface area contributed by atoms with Crippen molar-refractivity contribution in [3.63, 3.8) is 0 Å². The highest BCUT2D eigenvalue weighted by atomic mass is 35.5. The number of rotatable bonds is 4. The van der Waals surface area contributed by atoms with Crippen LogP contribution in [0.3, 0.4) is 0 Å². The molecule has 0 saturated carbocycles. The minimum atomic E-state index is -0.847. The maximum atomic E-state index is 9.30. The second-order valence-electron chi connectivity index (χ2n) is 4.42. The van der Waals surface area contributed by atoms with Crippen LogP contribution in [0.4, 0.5) is 5.82 Å². The Kier molecular flexibility index (Phi) is 3.72. The first-order valence-electron chi connectivity index (χ1n) is 5.41. The maximum Gasteiger partial charge on any atom is 0.225 e. The summed E-state index contributed by atoms with van der Waals surface area (Å²) >= 11 is 7.39.